The average molecular weight is 269 g/mol. The number of hydrogen-bond acceptors (Lipinski definition) is 0. The molecular weight excluding hydrogens is 254 g/mol. The van der Waals surface area contributed by atoms with Crippen molar-refractivity contribution in [3.05, 3.63) is 35.6 Å². The lowest BCUT2D eigenvalue weighted by molar-refractivity contribution is 0.626. The summed E-state index contributed by atoms with van der Waals surface area (Å²) in [6.45, 7) is 0. The third-order valence-corrected chi connectivity index (χ3v) is 4.06. The lowest BCUT2D eigenvalue weighted by Gasteiger charge is -2.17. The monoisotopic (exact) mass is 268 g/mol. The smallest absolute Gasteiger partial charge is 0.123 e. The molecule has 0 amide bonds. The Labute approximate surface area is 101 Å². The Morgan fingerprint density at radius 3 is 2.27 bits per heavy atom. The van der Waals surface area contributed by atoms with Crippen molar-refractivity contribution < 1.29 is 4.39 Å². The summed E-state index contributed by atoms with van der Waals surface area (Å²) < 4.78 is 12.6. The Morgan fingerprint density at radius 1 is 1.13 bits per heavy atom. The predicted octanol–water partition coefficient (Wildman–Crippen LogP) is 4.89. The number of unbranched alkanes of at least 4 members (excludes halogenated alkanes) is 1. The molecule has 0 fully saturated rings. The van der Waals surface area contributed by atoms with E-state index in [2.05, 4.69) is 0 Å². The van der Waals surface area contributed by atoms with E-state index in [0.29, 0.717) is 0 Å². The number of hydrogen-bond donors (Lipinski definition) is 0. The fourth-order valence-corrected chi connectivity index (χ4v) is 2.70. The van der Waals surface area contributed by atoms with E-state index in [4.69, 9.17) is 21.4 Å². The topological polar surface area (TPSA) is 0 Å². The van der Waals surface area contributed by atoms with Gasteiger partial charge >= 0.3 is 0 Å². The SMILES string of the molecule is CS(Cl)(Cl)CCCCc1ccc(F)cc1. The lowest BCUT2D eigenvalue weighted by Crippen LogP contribution is -1.92. The first-order chi connectivity index (χ1) is 6.97. The molecule has 0 radical (unpaired) electrons. The second kappa shape index (κ2) is 5.97. The molecule has 0 nitrogen and oxygen atoms in total. The molecule has 0 bridgehead atoms. The van der Waals surface area contributed by atoms with Crippen molar-refractivity contribution in [1.29, 1.82) is 0 Å². The zero-order chi connectivity index (χ0) is 11.3. The first-order valence-corrected chi connectivity index (χ1v) is 8.73. The number of aryl methyl sites for hydroxylation is 1. The van der Waals surface area contributed by atoms with Crippen LogP contribution in [0.25, 0.3) is 0 Å². The maximum Gasteiger partial charge on any atom is 0.123 e. The molecular formula is C11H15Cl2FS. The molecule has 1 rings (SSSR count). The summed E-state index contributed by atoms with van der Waals surface area (Å²) in [6, 6.07) is 6.63. The van der Waals surface area contributed by atoms with Crippen LogP contribution in [-0.2, 0) is 6.42 Å². The molecule has 0 aromatic heterocycles. The van der Waals surface area contributed by atoms with Crippen LogP contribution in [0, 0.1) is 5.82 Å². The Hall–Kier alpha value is 0.0800. The van der Waals surface area contributed by atoms with Crippen LogP contribution < -0.4 is 0 Å². The lowest BCUT2D eigenvalue weighted by atomic mass is 10.1. The molecule has 0 spiro atoms. The molecule has 1 aromatic carbocycles. The van der Waals surface area contributed by atoms with Crippen molar-refractivity contribution in [1.82, 2.24) is 0 Å². The summed E-state index contributed by atoms with van der Waals surface area (Å²) in [5.41, 5.74) is 1.16. The van der Waals surface area contributed by atoms with E-state index in [1.54, 1.807) is 0 Å². The molecule has 0 saturated heterocycles. The minimum Gasteiger partial charge on any atom is -0.207 e. The minimum atomic E-state index is -1.40. The van der Waals surface area contributed by atoms with Gasteiger partial charge in [0, 0.05) is 5.75 Å². The molecule has 0 saturated carbocycles. The molecule has 86 valence electrons. The molecule has 15 heavy (non-hydrogen) atoms. The second-order valence-electron chi connectivity index (χ2n) is 3.66. The van der Waals surface area contributed by atoms with Crippen molar-refractivity contribution in [2.75, 3.05) is 12.0 Å². The molecule has 0 unspecified atom stereocenters. The molecule has 0 aliphatic carbocycles. The van der Waals surface area contributed by atoms with E-state index < -0.39 is 8.46 Å². The first-order valence-electron chi connectivity index (χ1n) is 4.87. The molecule has 0 aliphatic rings. The van der Waals surface area contributed by atoms with Gasteiger partial charge in [-0.15, -0.1) is 0 Å². The van der Waals surface area contributed by atoms with E-state index in [-0.39, 0.29) is 5.82 Å². The van der Waals surface area contributed by atoms with Gasteiger partial charge in [0.25, 0.3) is 0 Å². The summed E-state index contributed by atoms with van der Waals surface area (Å²) in [7, 11) is 10.5. The maximum absolute atomic E-state index is 12.6. The van der Waals surface area contributed by atoms with Crippen molar-refractivity contribution >= 4 is 29.8 Å². The zero-order valence-corrected chi connectivity index (χ0v) is 11.0. The highest BCUT2D eigenvalue weighted by Gasteiger charge is 2.08. The van der Waals surface area contributed by atoms with Crippen LogP contribution in [0.4, 0.5) is 4.39 Å². The van der Waals surface area contributed by atoms with Crippen LogP contribution in [0.3, 0.4) is 0 Å². The van der Waals surface area contributed by atoms with Gasteiger partial charge in [0.15, 0.2) is 0 Å². The largest absolute Gasteiger partial charge is 0.207 e. The van der Waals surface area contributed by atoms with Crippen LogP contribution in [0.2, 0.25) is 0 Å². The van der Waals surface area contributed by atoms with E-state index in [1.165, 1.54) is 12.1 Å². The highest BCUT2D eigenvalue weighted by Crippen LogP contribution is 2.55. The van der Waals surface area contributed by atoms with E-state index in [0.717, 1.165) is 30.6 Å². The van der Waals surface area contributed by atoms with Gasteiger partial charge in [-0.1, -0.05) is 42.0 Å². The second-order valence-corrected chi connectivity index (χ2v) is 10.4. The Morgan fingerprint density at radius 2 is 1.73 bits per heavy atom. The fourth-order valence-electron chi connectivity index (χ4n) is 1.34. The van der Waals surface area contributed by atoms with Gasteiger partial charge in [0.1, 0.15) is 5.82 Å². The van der Waals surface area contributed by atoms with E-state index in [1.807, 2.05) is 18.4 Å². The van der Waals surface area contributed by atoms with E-state index in [9.17, 15) is 4.39 Å². The minimum absolute atomic E-state index is 0.183. The van der Waals surface area contributed by atoms with Gasteiger partial charge in [-0.25, -0.2) is 4.39 Å². The van der Waals surface area contributed by atoms with Gasteiger partial charge in [-0.3, -0.25) is 0 Å². The van der Waals surface area contributed by atoms with E-state index >= 15 is 0 Å². The summed E-state index contributed by atoms with van der Waals surface area (Å²) in [5.74, 6) is 0.689. The number of benzene rings is 1. The standard InChI is InChI=1S/C11H15Cl2FS/c1-15(12,13)9-3-2-4-10-5-7-11(14)8-6-10/h5-8H,2-4,9H2,1H3. The Kier molecular flexibility index (Phi) is 5.24. The van der Waals surface area contributed by atoms with Gasteiger partial charge in [0.2, 0.25) is 0 Å². The van der Waals surface area contributed by atoms with Crippen LogP contribution >= 0.6 is 29.8 Å². The highest BCUT2D eigenvalue weighted by atomic mass is 36.0. The summed E-state index contributed by atoms with van der Waals surface area (Å²) >= 11 is 0. The van der Waals surface area contributed by atoms with Crippen molar-refractivity contribution in [3.8, 4) is 0 Å². The van der Waals surface area contributed by atoms with Crippen molar-refractivity contribution in [3.63, 3.8) is 0 Å². The third-order valence-electron chi connectivity index (χ3n) is 2.13. The Balaban J connectivity index is 2.23. The van der Waals surface area contributed by atoms with Crippen molar-refractivity contribution in [2.45, 2.75) is 19.3 Å². The number of halogens is 3. The summed E-state index contributed by atoms with van der Waals surface area (Å²) in [4.78, 5) is 0. The average Bonchev–Trinajstić information content (AvgIpc) is 2.14. The van der Waals surface area contributed by atoms with Crippen molar-refractivity contribution in [2.24, 2.45) is 0 Å². The van der Waals surface area contributed by atoms with Gasteiger partial charge in [-0.2, -0.15) is 0 Å². The first kappa shape index (κ1) is 13.1. The quantitative estimate of drug-likeness (QED) is 0.667. The summed E-state index contributed by atoms with van der Waals surface area (Å²) in [5, 5.41) is 0. The van der Waals surface area contributed by atoms with Gasteiger partial charge < -0.3 is 0 Å². The van der Waals surface area contributed by atoms with Gasteiger partial charge in [0.05, 0.1) is 0 Å². The molecule has 1 aromatic rings. The molecule has 0 N–H and O–H groups in total. The predicted molar refractivity (Wildman–Crippen MR) is 69.4 cm³/mol. The third kappa shape index (κ3) is 6.29. The zero-order valence-electron chi connectivity index (χ0n) is 8.68. The highest BCUT2D eigenvalue weighted by molar-refractivity contribution is 8.65. The fraction of sp³-hybridized carbons (Fsp3) is 0.455. The molecule has 4 heteroatoms. The van der Waals surface area contributed by atoms with Crippen LogP contribution in [0.15, 0.2) is 24.3 Å². The van der Waals surface area contributed by atoms with Gasteiger partial charge in [-0.05, 0) is 43.2 Å². The van der Waals surface area contributed by atoms with Crippen LogP contribution in [0.5, 0.6) is 0 Å². The summed E-state index contributed by atoms with van der Waals surface area (Å²) in [6.07, 6.45) is 4.92. The Bertz CT molecular complexity index is 292. The van der Waals surface area contributed by atoms with Crippen LogP contribution in [-0.4, -0.2) is 12.0 Å². The van der Waals surface area contributed by atoms with Crippen LogP contribution in [0.1, 0.15) is 18.4 Å². The maximum atomic E-state index is 12.6. The molecule has 0 heterocycles. The molecule has 0 aliphatic heterocycles. The normalized spacial score (nSPS) is 12.8. The number of rotatable bonds is 5. The molecule has 0 atom stereocenters.